The van der Waals surface area contributed by atoms with Crippen LogP contribution in [0.2, 0.25) is 0 Å². The highest BCUT2D eigenvalue weighted by atomic mass is 32.1. The van der Waals surface area contributed by atoms with Crippen LogP contribution >= 0.6 is 11.3 Å². The topological polar surface area (TPSA) is 32.3 Å². The maximum absolute atomic E-state index is 4.57. The van der Waals surface area contributed by atoms with Gasteiger partial charge in [-0.25, -0.2) is 9.97 Å². The van der Waals surface area contributed by atoms with Crippen LogP contribution in [0.15, 0.2) is 54.2 Å². The Morgan fingerprint density at radius 2 is 1.85 bits per heavy atom. The van der Waals surface area contributed by atoms with E-state index in [1.165, 1.54) is 29.5 Å². The third-order valence-corrected chi connectivity index (χ3v) is 5.93. The number of hydrogen-bond acceptors (Lipinski definition) is 5. The fourth-order valence-corrected chi connectivity index (χ4v) is 4.48. The van der Waals surface area contributed by atoms with Crippen molar-refractivity contribution in [2.75, 3.05) is 20.6 Å². The molecule has 5 heteroatoms. The summed E-state index contributed by atoms with van der Waals surface area (Å²) >= 11 is 1.68. The van der Waals surface area contributed by atoms with Crippen LogP contribution in [-0.2, 0) is 13.1 Å². The zero-order chi connectivity index (χ0) is 18.6. The maximum Gasteiger partial charge on any atom is 0.169 e. The standard InChI is InChI=1S/C22H26N4S/c1-25(2)15-17-7-9-19(10-8-17)20-5-3-11-26(20)16-18-13-23-22(24-14-18)21-6-4-12-27-21/h4,6-10,12-14,20H,3,5,11,15-16H2,1-2H3/t20-/m0/s1. The molecule has 0 amide bonds. The molecule has 0 bridgehead atoms. The SMILES string of the molecule is CN(C)Cc1ccc([C@@H]2CCCN2Cc2cnc(-c3cccs3)nc2)cc1. The van der Waals surface area contributed by atoms with Crippen molar-refractivity contribution in [1.82, 2.24) is 19.8 Å². The molecule has 0 radical (unpaired) electrons. The monoisotopic (exact) mass is 378 g/mol. The average molecular weight is 379 g/mol. The van der Waals surface area contributed by atoms with Crippen LogP contribution < -0.4 is 0 Å². The van der Waals surface area contributed by atoms with Gasteiger partial charge in [-0.1, -0.05) is 30.3 Å². The molecule has 4 nitrogen and oxygen atoms in total. The number of hydrogen-bond donors (Lipinski definition) is 0. The molecule has 1 aliphatic heterocycles. The molecule has 1 aliphatic rings. The smallest absolute Gasteiger partial charge is 0.169 e. The molecule has 0 aliphatic carbocycles. The van der Waals surface area contributed by atoms with Gasteiger partial charge in [0.15, 0.2) is 5.82 Å². The van der Waals surface area contributed by atoms with Gasteiger partial charge in [0.05, 0.1) is 4.88 Å². The lowest BCUT2D eigenvalue weighted by Gasteiger charge is -2.25. The van der Waals surface area contributed by atoms with Gasteiger partial charge in [0.1, 0.15) is 0 Å². The third-order valence-electron chi connectivity index (χ3n) is 5.06. The third kappa shape index (κ3) is 4.43. The van der Waals surface area contributed by atoms with Gasteiger partial charge < -0.3 is 4.90 Å². The highest BCUT2D eigenvalue weighted by Gasteiger charge is 2.26. The first kappa shape index (κ1) is 18.3. The van der Waals surface area contributed by atoms with Crippen LogP contribution in [0.25, 0.3) is 10.7 Å². The van der Waals surface area contributed by atoms with Crippen LogP contribution in [-0.4, -0.2) is 40.4 Å². The van der Waals surface area contributed by atoms with Crippen LogP contribution in [0.4, 0.5) is 0 Å². The quantitative estimate of drug-likeness (QED) is 0.627. The summed E-state index contributed by atoms with van der Waals surface area (Å²) in [5.41, 5.74) is 3.98. The Morgan fingerprint density at radius 1 is 1.07 bits per heavy atom. The van der Waals surface area contributed by atoms with Crippen molar-refractivity contribution in [3.63, 3.8) is 0 Å². The number of thiophene rings is 1. The Bertz CT molecular complexity index is 841. The van der Waals surface area contributed by atoms with Gasteiger partial charge in [-0.2, -0.15) is 0 Å². The predicted molar refractivity (Wildman–Crippen MR) is 112 cm³/mol. The first-order valence-electron chi connectivity index (χ1n) is 9.51. The van der Waals surface area contributed by atoms with Crippen LogP contribution in [0.5, 0.6) is 0 Å². The predicted octanol–water partition coefficient (Wildman–Crippen LogP) is 4.60. The van der Waals surface area contributed by atoms with Crippen molar-refractivity contribution in [2.24, 2.45) is 0 Å². The van der Waals surface area contributed by atoms with E-state index in [-0.39, 0.29) is 0 Å². The average Bonchev–Trinajstić information content (AvgIpc) is 3.35. The molecular formula is C22H26N4S. The normalized spacial score (nSPS) is 17.7. The molecule has 1 aromatic carbocycles. The lowest BCUT2D eigenvalue weighted by molar-refractivity contribution is 0.248. The molecule has 1 atom stereocenters. The summed E-state index contributed by atoms with van der Waals surface area (Å²) < 4.78 is 0. The molecule has 2 aromatic heterocycles. The van der Waals surface area contributed by atoms with E-state index < -0.39 is 0 Å². The van der Waals surface area contributed by atoms with E-state index in [2.05, 4.69) is 69.6 Å². The van der Waals surface area contributed by atoms with Crippen molar-refractivity contribution in [3.05, 3.63) is 70.9 Å². The Labute approximate surface area is 165 Å². The highest BCUT2D eigenvalue weighted by molar-refractivity contribution is 7.13. The summed E-state index contributed by atoms with van der Waals surface area (Å²) in [6.07, 6.45) is 6.44. The van der Waals surface area contributed by atoms with E-state index in [1.54, 1.807) is 11.3 Å². The molecule has 27 heavy (non-hydrogen) atoms. The summed E-state index contributed by atoms with van der Waals surface area (Å²) in [6, 6.07) is 13.7. The second kappa shape index (κ2) is 8.30. The zero-order valence-electron chi connectivity index (χ0n) is 16.0. The largest absolute Gasteiger partial charge is 0.305 e. The molecule has 3 aromatic rings. The van der Waals surface area contributed by atoms with E-state index in [0.29, 0.717) is 6.04 Å². The second-order valence-corrected chi connectivity index (χ2v) is 8.45. The Kier molecular flexibility index (Phi) is 5.62. The summed E-state index contributed by atoms with van der Waals surface area (Å²) in [7, 11) is 4.22. The lowest BCUT2D eigenvalue weighted by Crippen LogP contribution is -2.23. The number of likely N-dealkylation sites (tertiary alicyclic amines) is 1. The summed E-state index contributed by atoms with van der Waals surface area (Å²) in [6.45, 7) is 3.04. The summed E-state index contributed by atoms with van der Waals surface area (Å²) in [5.74, 6) is 0.822. The Hall–Kier alpha value is -2.08. The van der Waals surface area contributed by atoms with Crippen molar-refractivity contribution in [1.29, 1.82) is 0 Å². The molecule has 0 saturated carbocycles. The first-order chi connectivity index (χ1) is 13.2. The van der Waals surface area contributed by atoms with E-state index in [0.717, 1.165) is 30.3 Å². The fourth-order valence-electron chi connectivity index (χ4n) is 3.81. The van der Waals surface area contributed by atoms with Gasteiger partial charge in [-0.3, -0.25) is 4.90 Å². The second-order valence-electron chi connectivity index (χ2n) is 7.50. The minimum atomic E-state index is 0.496. The zero-order valence-corrected chi connectivity index (χ0v) is 16.8. The van der Waals surface area contributed by atoms with E-state index in [4.69, 9.17) is 0 Å². The minimum absolute atomic E-state index is 0.496. The number of rotatable bonds is 6. The Balaban J connectivity index is 1.44. The molecular weight excluding hydrogens is 352 g/mol. The maximum atomic E-state index is 4.57. The molecule has 0 spiro atoms. The molecule has 4 rings (SSSR count). The van der Waals surface area contributed by atoms with Crippen molar-refractivity contribution >= 4 is 11.3 Å². The molecule has 0 N–H and O–H groups in total. The van der Waals surface area contributed by atoms with Gasteiger partial charge in [0, 0.05) is 37.1 Å². The van der Waals surface area contributed by atoms with Crippen molar-refractivity contribution < 1.29 is 0 Å². The molecule has 0 unspecified atom stereocenters. The lowest BCUT2D eigenvalue weighted by atomic mass is 10.0. The number of benzene rings is 1. The van der Waals surface area contributed by atoms with E-state index in [1.807, 2.05) is 18.5 Å². The van der Waals surface area contributed by atoms with E-state index in [9.17, 15) is 0 Å². The summed E-state index contributed by atoms with van der Waals surface area (Å²) in [5, 5.41) is 2.06. The van der Waals surface area contributed by atoms with Crippen molar-refractivity contribution in [3.8, 4) is 10.7 Å². The van der Waals surface area contributed by atoms with Gasteiger partial charge in [-0.05, 0) is 56.1 Å². The number of aromatic nitrogens is 2. The van der Waals surface area contributed by atoms with Gasteiger partial charge in [-0.15, -0.1) is 11.3 Å². The van der Waals surface area contributed by atoms with Crippen molar-refractivity contribution in [2.45, 2.75) is 32.0 Å². The van der Waals surface area contributed by atoms with Gasteiger partial charge >= 0.3 is 0 Å². The first-order valence-corrected chi connectivity index (χ1v) is 10.4. The molecule has 1 fully saturated rings. The molecule has 3 heterocycles. The van der Waals surface area contributed by atoms with Crippen LogP contribution in [0.1, 0.15) is 35.6 Å². The number of nitrogens with zero attached hydrogens (tertiary/aromatic N) is 4. The summed E-state index contributed by atoms with van der Waals surface area (Å²) in [4.78, 5) is 15.0. The van der Waals surface area contributed by atoms with Crippen LogP contribution in [0.3, 0.4) is 0 Å². The Morgan fingerprint density at radius 3 is 2.52 bits per heavy atom. The highest BCUT2D eigenvalue weighted by Crippen LogP contribution is 2.33. The minimum Gasteiger partial charge on any atom is -0.305 e. The van der Waals surface area contributed by atoms with Gasteiger partial charge in [0.25, 0.3) is 0 Å². The molecule has 1 saturated heterocycles. The van der Waals surface area contributed by atoms with Crippen LogP contribution in [0, 0.1) is 0 Å². The van der Waals surface area contributed by atoms with Gasteiger partial charge in [0.2, 0.25) is 0 Å². The molecule has 140 valence electrons. The van der Waals surface area contributed by atoms with E-state index >= 15 is 0 Å². The fraction of sp³-hybridized carbons (Fsp3) is 0.364.